The number of aromatic nitrogens is 3. The van der Waals surface area contributed by atoms with Gasteiger partial charge in [-0.15, -0.1) is 11.3 Å². The van der Waals surface area contributed by atoms with Gasteiger partial charge in [-0.25, -0.2) is 10.4 Å². The normalized spacial score (nSPS) is 29.5. The van der Waals surface area contributed by atoms with Gasteiger partial charge in [0.05, 0.1) is 47.1 Å². The lowest BCUT2D eigenvalue weighted by atomic mass is 9.73. The summed E-state index contributed by atoms with van der Waals surface area (Å²) in [5.41, 5.74) is 10.5. The standard InChI is InChI=1S/C48H62N8O5S/c1-9-55-37-11-10-29-20-33(37)35(41(55)34-21-32(23-49-39(34)28(4)60-8)54-16-14-53(7)15-17-54)22-47(5,6)25-61-45(59)40-30-18-31(19-30)56(52-40)44(58)42(51-43(57)38-26(2)27(38)3)48(12-13-48)46-50-36(29)24-62-46/h10-11,20-21,23-24,26-28,30-31,38,40,42,52H,9,12-19,22,25H2,1-8H3,(H,51,57)/t26-,27+,28-,30?,31?,38?,40+,42-/m0/s1. The van der Waals surface area contributed by atoms with Crippen molar-refractivity contribution in [2.75, 3.05) is 51.8 Å². The van der Waals surface area contributed by atoms with Gasteiger partial charge in [-0.2, -0.15) is 0 Å². The van der Waals surface area contributed by atoms with E-state index in [1.165, 1.54) is 5.56 Å². The number of fused-ring (bicyclic) bond motifs is 5. The summed E-state index contributed by atoms with van der Waals surface area (Å²) in [6, 6.07) is 7.47. The molecule has 13 nitrogen and oxygen atoms in total. The van der Waals surface area contributed by atoms with Crippen molar-refractivity contribution < 1.29 is 23.9 Å². The third-order valence-corrected chi connectivity index (χ3v) is 16.6. The second-order valence-corrected chi connectivity index (χ2v) is 21.0. The lowest BCUT2D eigenvalue weighted by Crippen LogP contribution is -2.72. The van der Waals surface area contributed by atoms with Crippen molar-refractivity contribution in [1.29, 1.82) is 0 Å². The molecule has 11 rings (SSSR count). The molecule has 0 radical (unpaired) electrons. The van der Waals surface area contributed by atoms with Gasteiger partial charge in [0.1, 0.15) is 17.1 Å². The first-order chi connectivity index (χ1) is 29.7. The average Bonchev–Trinajstić information content (AvgIpc) is 4.06. The van der Waals surface area contributed by atoms with E-state index in [9.17, 15) is 14.4 Å². The van der Waals surface area contributed by atoms with E-state index in [2.05, 4.69) is 103 Å². The number of esters is 1. The number of ether oxygens (including phenoxy) is 2. The number of hydrazine groups is 1. The number of pyridine rings is 1. The lowest BCUT2D eigenvalue weighted by Gasteiger charge is -2.53. The number of nitrogens with zero attached hydrogens (tertiary/aromatic N) is 6. The van der Waals surface area contributed by atoms with E-state index in [0.29, 0.717) is 6.42 Å². The molecule has 62 heavy (non-hydrogen) atoms. The highest BCUT2D eigenvalue weighted by Gasteiger charge is 2.61. The fraction of sp³-hybridized carbons (Fsp3) is 0.604. The quantitative estimate of drug-likeness (QED) is 0.203. The topological polar surface area (TPSA) is 134 Å². The van der Waals surface area contributed by atoms with Gasteiger partial charge in [0.25, 0.3) is 5.91 Å². The number of hydrogen-bond acceptors (Lipinski definition) is 11. The van der Waals surface area contributed by atoms with E-state index in [1.807, 2.05) is 6.20 Å². The summed E-state index contributed by atoms with van der Waals surface area (Å²) in [7, 11) is 3.91. The third kappa shape index (κ3) is 6.94. The molecule has 6 atom stereocenters. The molecule has 3 saturated heterocycles. The Morgan fingerprint density at radius 1 is 1.10 bits per heavy atom. The van der Waals surface area contributed by atoms with Crippen LogP contribution in [-0.4, -0.2) is 107 Å². The molecule has 7 heterocycles. The predicted molar refractivity (Wildman–Crippen MR) is 240 cm³/mol. The van der Waals surface area contributed by atoms with Gasteiger partial charge in [0.15, 0.2) is 0 Å². The van der Waals surface area contributed by atoms with Crippen molar-refractivity contribution in [2.45, 2.75) is 110 Å². The van der Waals surface area contributed by atoms with Crippen molar-refractivity contribution >= 4 is 45.7 Å². The van der Waals surface area contributed by atoms with Crippen LogP contribution in [0, 0.1) is 29.1 Å². The highest BCUT2D eigenvalue weighted by atomic mass is 32.1. The first-order valence-electron chi connectivity index (χ1n) is 22.9. The van der Waals surface area contributed by atoms with Crippen LogP contribution in [0.2, 0.25) is 0 Å². The molecule has 2 N–H and O–H groups in total. The Hall–Kier alpha value is -4.37. The fourth-order valence-electron chi connectivity index (χ4n) is 10.9. The van der Waals surface area contributed by atoms with Crippen LogP contribution >= 0.6 is 11.3 Å². The highest BCUT2D eigenvalue weighted by Crippen LogP contribution is 2.55. The SMILES string of the molecule is CCn1c(-c2cc(N3CCN(C)CC3)cnc2[C@H](C)OC)c2c3cc(ccc31)-c1csc(n1)C1(CC1)[C@@H](NC(=O)C1[C@@H](C)[C@H]1C)C(=O)N1N[C@@H](C(=O)OCC(C)(C)C2)C2CC1C2. The van der Waals surface area contributed by atoms with Gasteiger partial charge in [-0.1, -0.05) is 33.8 Å². The van der Waals surface area contributed by atoms with Gasteiger partial charge in [0.2, 0.25) is 5.91 Å². The van der Waals surface area contributed by atoms with Gasteiger partial charge in [0, 0.05) is 84.6 Å². The zero-order valence-corrected chi connectivity index (χ0v) is 38.3. The Bertz CT molecular complexity index is 2420. The fourth-order valence-corrected chi connectivity index (χ4v) is 12.0. The molecule has 3 aromatic heterocycles. The average molecular weight is 863 g/mol. The van der Waals surface area contributed by atoms with Crippen molar-refractivity contribution in [3.05, 3.63) is 52.1 Å². The molecule has 330 valence electrons. The summed E-state index contributed by atoms with van der Waals surface area (Å²) in [5, 5.41) is 9.04. The summed E-state index contributed by atoms with van der Waals surface area (Å²) in [4.78, 5) is 58.2. The maximum atomic E-state index is 14.9. The number of benzene rings is 1. The number of thiazole rings is 1. The molecule has 8 bridgehead atoms. The van der Waals surface area contributed by atoms with Crippen LogP contribution in [0.25, 0.3) is 33.4 Å². The number of carbonyl (C=O) groups is 3. The monoisotopic (exact) mass is 862 g/mol. The lowest BCUT2D eigenvalue weighted by molar-refractivity contribution is -0.171. The van der Waals surface area contributed by atoms with Crippen LogP contribution in [0.4, 0.5) is 5.69 Å². The maximum Gasteiger partial charge on any atom is 0.325 e. The molecule has 2 amide bonds. The van der Waals surface area contributed by atoms with Crippen LogP contribution < -0.4 is 15.6 Å². The minimum absolute atomic E-state index is 0.0412. The predicted octanol–water partition coefficient (Wildman–Crippen LogP) is 6.34. The van der Waals surface area contributed by atoms with Crippen LogP contribution in [0.1, 0.15) is 89.6 Å². The molecular formula is C48H62N8O5S. The molecule has 1 aromatic carbocycles. The summed E-state index contributed by atoms with van der Waals surface area (Å²) in [5.74, 6) is -0.107. The summed E-state index contributed by atoms with van der Waals surface area (Å²) in [6.45, 7) is 17.5. The molecule has 14 heteroatoms. The number of amides is 2. The highest BCUT2D eigenvalue weighted by molar-refractivity contribution is 7.10. The first-order valence-corrected chi connectivity index (χ1v) is 23.7. The molecule has 3 saturated carbocycles. The maximum absolute atomic E-state index is 14.9. The summed E-state index contributed by atoms with van der Waals surface area (Å²) in [6.07, 6.45) is 5.30. The smallest absolute Gasteiger partial charge is 0.325 e. The third-order valence-electron chi connectivity index (χ3n) is 15.5. The first kappa shape index (κ1) is 41.6. The Morgan fingerprint density at radius 3 is 2.52 bits per heavy atom. The van der Waals surface area contributed by atoms with Crippen molar-refractivity contribution in [3.8, 4) is 22.5 Å². The van der Waals surface area contributed by atoms with E-state index in [1.54, 1.807) is 23.5 Å². The number of rotatable bonds is 7. The van der Waals surface area contributed by atoms with Gasteiger partial charge in [-0.05, 0) is 94.5 Å². The largest absolute Gasteiger partial charge is 0.464 e. The zero-order valence-electron chi connectivity index (χ0n) is 37.5. The number of likely N-dealkylation sites (N-methyl/N-ethyl adjacent to an activating group) is 1. The Labute approximate surface area is 368 Å². The second-order valence-electron chi connectivity index (χ2n) is 20.1. The number of piperazine rings is 1. The number of methoxy groups -OCH3 is 1. The number of aryl methyl sites for hydroxylation is 1. The van der Waals surface area contributed by atoms with Crippen LogP contribution in [-0.2, 0) is 42.2 Å². The minimum atomic E-state index is -0.803. The molecule has 4 aliphatic heterocycles. The zero-order chi connectivity index (χ0) is 43.4. The van der Waals surface area contributed by atoms with E-state index in [0.717, 1.165) is 108 Å². The van der Waals surface area contributed by atoms with Crippen molar-refractivity contribution in [2.24, 2.45) is 29.1 Å². The molecule has 3 aliphatic carbocycles. The van der Waals surface area contributed by atoms with E-state index in [-0.39, 0.29) is 60.2 Å². The molecule has 7 aliphatic rings. The summed E-state index contributed by atoms with van der Waals surface area (Å²) < 4.78 is 14.7. The molecule has 4 aromatic rings. The van der Waals surface area contributed by atoms with Gasteiger partial charge >= 0.3 is 5.97 Å². The van der Waals surface area contributed by atoms with Crippen molar-refractivity contribution in [3.63, 3.8) is 0 Å². The number of nitrogens with one attached hydrogen (secondary N) is 2. The van der Waals surface area contributed by atoms with Crippen LogP contribution in [0.3, 0.4) is 0 Å². The number of cyclic esters (lactones) is 1. The second kappa shape index (κ2) is 15.4. The van der Waals surface area contributed by atoms with Crippen LogP contribution in [0.5, 0.6) is 0 Å². The van der Waals surface area contributed by atoms with E-state index >= 15 is 0 Å². The Balaban J connectivity index is 1.12. The number of anilines is 1. The number of hydrogen-bond donors (Lipinski definition) is 2. The Morgan fingerprint density at radius 2 is 1.84 bits per heavy atom. The molecule has 1 spiro atoms. The van der Waals surface area contributed by atoms with Crippen LogP contribution in [0.15, 0.2) is 35.8 Å². The molecule has 6 fully saturated rings. The molecule has 1 unspecified atom stereocenters. The minimum Gasteiger partial charge on any atom is -0.464 e. The van der Waals surface area contributed by atoms with Gasteiger partial charge in [-0.3, -0.25) is 24.4 Å². The van der Waals surface area contributed by atoms with E-state index in [4.69, 9.17) is 19.4 Å². The van der Waals surface area contributed by atoms with E-state index < -0.39 is 22.9 Å². The summed E-state index contributed by atoms with van der Waals surface area (Å²) >= 11 is 1.57. The number of carbonyl (C=O) groups excluding carboxylic acids is 3. The van der Waals surface area contributed by atoms with Gasteiger partial charge < -0.3 is 29.2 Å². The van der Waals surface area contributed by atoms with Crippen molar-refractivity contribution in [1.82, 2.24) is 35.2 Å². The Kier molecular flexibility index (Phi) is 10.3. The molecular weight excluding hydrogens is 801 g/mol.